The van der Waals surface area contributed by atoms with E-state index in [0.717, 1.165) is 67.5 Å². The monoisotopic (exact) mass is 971 g/mol. The van der Waals surface area contributed by atoms with Gasteiger partial charge in [0.15, 0.2) is 17.7 Å². The maximum Gasteiger partial charge on any atom is 0.481 e. The number of fused-ring (bicyclic) bond motifs is 1. The van der Waals surface area contributed by atoms with Crippen molar-refractivity contribution in [2.45, 2.75) is 96.4 Å². The van der Waals surface area contributed by atoms with E-state index in [0.29, 0.717) is 5.75 Å². The van der Waals surface area contributed by atoms with Gasteiger partial charge in [0, 0.05) is 30.7 Å². The highest BCUT2D eigenvalue weighted by Crippen LogP contribution is 2.61. The van der Waals surface area contributed by atoms with Crippen molar-refractivity contribution in [3.63, 3.8) is 0 Å². The zero-order valence-electron chi connectivity index (χ0n) is 34.8. The molecule has 7 atom stereocenters. The molecule has 2 amide bonds. The fourth-order valence-corrected chi connectivity index (χ4v) is 9.02. The minimum Gasteiger partial charge on any atom is -0.386 e. The SMILES string of the molecule is CC/C=C\C/C=C\CCCC/C=C/C(=O)SCCNC(=O)CCNC(=O)[C@H](O)C(C)(C)COP(=O)(O)OP(=O)(O)OC[C@H]1O[C@@H](n2cnc3c(N)ncnc32)[C@H](O)[C@@H]1OP(=O)(O)O. The molecule has 1 aliphatic rings. The average Bonchev–Trinajstić information content (AvgIpc) is 3.76. The number of nitrogens with zero attached hydrogens (tertiary/aromatic N) is 4. The van der Waals surface area contributed by atoms with E-state index < -0.39 is 84.6 Å². The molecule has 0 bridgehead atoms. The van der Waals surface area contributed by atoms with Gasteiger partial charge in [-0.15, -0.1) is 0 Å². The smallest absolute Gasteiger partial charge is 0.386 e. The number of carbonyl (C=O) groups excluding carboxylic acids is 3. The molecule has 2 unspecified atom stereocenters. The Morgan fingerprint density at radius 2 is 1.67 bits per heavy atom. The first-order valence-electron chi connectivity index (χ1n) is 19.6. The number of unbranched alkanes of at least 4 members (excludes halogenated alkanes) is 3. The number of phosphoric ester groups is 3. The summed E-state index contributed by atoms with van der Waals surface area (Å²) >= 11 is 1.05. The lowest BCUT2D eigenvalue weighted by Crippen LogP contribution is -2.46. The number of thioether (sulfide) groups is 1. The minimum atomic E-state index is -5.58. The standard InChI is InChI=1S/C35H56N7O17P3S/c1-4-5-6-7-8-9-10-11-12-13-14-15-26(44)63-19-18-37-25(43)16-17-38-33(47)30(46)35(2,3)21-56-62(53,54)59-61(51,52)55-20-24-29(58-60(48,49)50)28(45)34(57-24)42-23-41-27-31(36)39-22-40-32(27)42/h5-6,8-9,14-15,22-24,28-30,34,45-46H,4,7,10-13,16-21H2,1-3H3,(H,37,43)(H,38,47)(H,51,52)(H,53,54)(H2,36,39,40)(H2,48,49,50)/b6-5-,9-8-,15-14+/t24-,28-,29-,30+,34-/m1/s1. The third-order valence-electron chi connectivity index (χ3n) is 8.83. The average molecular weight is 972 g/mol. The van der Waals surface area contributed by atoms with Gasteiger partial charge in [-0.3, -0.25) is 32.5 Å². The molecule has 0 aliphatic carbocycles. The van der Waals surface area contributed by atoms with E-state index >= 15 is 0 Å². The zero-order chi connectivity index (χ0) is 46.8. The van der Waals surface area contributed by atoms with Gasteiger partial charge in [0.1, 0.15) is 36.3 Å². The number of aliphatic hydroxyl groups is 2. The van der Waals surface area contributed by atoms with Crippen molar-refractivity contribution in [3.8, 4) is 0 Å². The lowest BCUT2D eigenvalue weighted by atomic mass is 9.87. The van der Waals surface area contributed by atoms with Gasteiger partial charge in [-0.2, -0.15) is 4.31 Å². The second-order valence-corrected chi connectivity index (χ2v) is 19.8. The molecular weight excluding hydrogens is 915 g/mol. The van der Waals surface area contributed by atoms with E-state index in [2.05, 4.69) is 65.6 Å². The number of nitrogens with two attached hydrogens (primary N) is 1. The number of amides is 2. The highest BCUT2D eigenvalue weighted by atomic mass is 32.2. The largest absolute Gasteiger partial charge is 0.481 e. The Kier molecular flexibility index (Phi) is 21.9. The number of phosphoric acid groups is 3. The number of rotatable bonds is 28. The quantitative estimate of drug-likeness (QED) is 0.0256. The zero-order valence-corrected chi connectivity index (χ0v) is 38.3. The summed E-state index contributed by atoms with van der Waals surface area (Å²) in [6.07, 6.45) is 10.7. The Morgan fingerprint density at radius 3 is 2.37 bits per heavy atom. The Hall–Kier alpha value is -3.22. The molecule has 1 saturated heterocycles. The van der Waals surface area contributed by atoms with Gasteiger partial charge in [0.2, 0.25) is 16.9 Å². The number of carbonyl (C=O) groups is 3. The molecule has 2 aromatic rings. The fourth-order valence-electron chi connectivity index (χ4n) is 5.59. The number of anilines is 1. The number of ether oxygens (including phenoxy) is 1. The summed E-state index contributed by atoms with van der Waals surface area (Å²) in [7, 11) is -16.4. The van der Waals surface area contributed by atoms with Gasteiger partial charge in [-0.25, -0.2) is 28.6 Å². The van der Waals surface area contributed by atoms with Crippen molar-refractivity contribution >= 4 is 69.1 Å². The van der Waals surface area contributed by atoms with Crippen molar-refractivity contribution in [3.05, 3.63) is 49.1 Å². The number of imidazole rings is 1. The van der Waals surface area contributed by atoms with Crippen LogP contribution in [0.1, 0.15) is 71.9 Å². The Bertz CT molecular complexity index is 2070. The van der Waals surface area contributed by atoms with Crippen LogP contribution in [0.3, 0.4) is 0 Å². The lowest BCUT2D eigenvalue weighted by molar-refractivity contribution is -0.137. The molecule has 0 radical (unpaired) electrons. The van der Waals surface area contributed by atoms with Crippen LogP contribution in [0.2, 0.25) is 0 Å². The van der Waals surface area contributed by atoms with Gasteiger partial charge in [0.25, 0.3) is 0 Å². The van der Waals surface area contributed by atoms with E-state index in [1.807, 2.05) is 6.08 Å². The highest BCUT2D eigenvalue weighted by Gasteiger charge is 2.50. The maximum atomic E-state index is 12.7. The first-order chi connectivity index (χ1) is 29.6. The third kappa shape index (κ3) is 19.0. The van der Waals surface area contributed by atoms with Crippen LogP contribution >= 0.6 is 35.2 Å². The molecule has 63 heavy (non-hydrogen) atoms. The third-order valence-corrected chi connectivity index (χ3v) is 12.8. The molecular formula is C35H56N7O17P3S. The molecule has 354 valence electrons. The van der Waals surface area contributed by atoms with Crippen LogP contribution in [-0.4, -0.2) is 123 Å². The van der Waals surface area contributed by atoms with Crippen LogP contribution in [0.4, 0.5) is 5.82 Å². The Morgan fingerprint density at radius 1 is 0.984 bits per heavy atom. The van der Waals surface area contributed by atoms with Gasteiger partial charge < -0.3 is 50.9 Å². The summed E-state index contributed by atoms with van der Waals surface area (Å²) in [5.74, 6) is -1.13. The number of allylic oxidation sites excluding steroid dienone is 5. The van der Waals surface area contributed by atoms with Crippen molar-refractivity contribution in [1.82, 2.24) is 30.2 Å². The van der Waals surface area contributed by atoms with Crippen LogP contribution in [0.15, 0.2) is 49.1 Å². The van der Waals surface area contributed by atoms with Gasteiger partial charge in [-0.1, -0.05) is 62.9 Å². The van der Waals surface area contributed by atoms with Gasteiger partial charge in [0.05, 0.1) is 19.5 Å². The number of hydrogen-bond donors (Lipinski definition) is 9. The van der Waals surface area contributed by atoms with Crippen LogP contribution in [0, 0.1) is 5.41 Å². The van der Waals surface area contributed by atoms with E-state index in [1.165, 1.54) is 19.9 Å². The van der Waals surface area contributed by atoms with Crippen molar-refractivity contribution in [1.29, 1.82) is 0 Å². The minimum absolute atomic E-state index is 0.0301. The molecule has 1 aliphatic heterocycles. The first kappa shape index (κ1) is 54.1. The van der Waals surface area contributed by atoms with E-state index in [4.69, 9.17) is 19.5 Å². The van der Waals surface area contributed by atoms with Crippen molar-refractivity contribution in [2.24, 2.45) is 5.41 Å². The number of hydrogen-bond acceptors (Lipinski definition) is 18. The number of aliphatic hydroxyl groups excluding tert-OH is 2. The molecule has 0 aromatic carbocycles. The molecule has 3 heterocycles. The maximum absolute atomic E-state index is 12.7. The summed E-state index contributed by atoms with van der Waals surface area (Å²) in [5, 5.41) is 26.4. The molecule has 28 heteroatoms. The molecule has 1 fully saturated rings. The second-order valence-electron chi connectivity index (χ2n) is 14.5. The summed E-state index contributed by atoms with van der Waals surface area (Å²) < 4.78 is 62.3. The number of aromatic nitrogens is 4. The topological polar surface area (TPSA) is 364 Å². The molecule has 0 spiro atoms. The molecule has 3 rings (SSSR count). The van der Waals surface area contributed by atoms with Crippen molar-refractivity contribution < 1.29 is 80.5 Å². The highest BCUT2D eigenvalue weighted by molar-refractivity contribution is 8.14. The second kappa shape index (κ2) is 25.5. The van der Waals surface area contributed by atoms with E-state index in [-0.39, 0.29) is 41.6 Å². The number of nitrogens with one attached hydrogen (secondary N) is 2. The van der Waals surface area contributed by atoms with Crippen LogP contribution in [0.5, 0.6) is 0 Å². The normalized spacial score (nSPS) is 21.0. The number of nitrogen functional groups attached to an aromatic ring is 1. The van der Waals surface area contributed by atoms with Crippen LogP contribution in [0.25, 0.3) is 11.2 Å². The van der Waals surface area contributed by atoms with Crippen LogP contribution in [-0.2, 0) is 50.7 Å². The lowest BCUT2D eigenvalue weighted by Gasteiger charge is -2.30. The van der Waals surface area contributed by atoms with E-state index in [9.17, 15) is 57.9 Å². The predicted octanol–water partition coefficient (Wildman–Crippen LogP) is 2.69. The Balaban J connectivity index is 1.38. The van der Waals surface area contributed by atoms with Gasteiger partial charge in [-0.05, 0) is 44.6 Å². The van der Waals surface area contributed by atoms with Crippen LogP contribution < -0.4 is 16.4 Å². The molecule has 0 saturated carbocycles. The first-order valence-corrected chi connectivity index (χ1v) is 25.1. The van der Waals surface area contributed by atoms with Crippen molar-refractivity contribution in [2.75, 3.05) is 37.8 Å². The molecule has 2 aromatic heterocycles. The fraction of sp³-hybridized carbons (Fsp3) is 0.600. The molecule has 10 N–H and O–H groups in total. The summed E-state index contributed by atoms with van der Waals surface area (Å²) in [5.41, 5.74) is 4.27. The van der Waals surface area contributed by atoms with Gasteiger partial charge >= 0.3 is 23.5 Å². The predicted molar refractivity (Wildman–Crippen MR) is 228 cm³/mol. The summed E-state index contributed by atoms with van der Waals surface area (Å²) in [4.78, 5) is 88.0. The summed E-state index contributed by atoms with van der Waals surface area (Å²) in [6.45, 7) is 2.57. The Labute approximate surface area is 367 Å². The molecule has 24 nitrogen and oxygen atoms in total. The van der Waals surface area contributed by atoms with E-state index in [1.54, 1.807) is 0 Å². The summed E-state index contributed by atoms with van der Waals surface area (Å²) in [6, 6.07) is 0.